The molecule has 6 heteroatoms. The van der Waals surface area contributed by atoms with Gasteiger partial charge in [-0.2, -0.15) is 0 Å². The second-order valence-corrected chi connectivity index (χ2v) is 13.0. The minimum absolute atomic E-state index is 0.0112. The van der Waals surface area contributed by atoms with Crippen molar-refractivity contribution in [3.05, 3.63) is 11.6 Å². The zero-order valence-electron chi connectivity index (χ0n) is 20.5. The number of aliphatic hydroxyl groups excluding tert-OH is 3. The summed E-state index contributed by atoms with van der Waals surface area (Å²) in [6.07, 6.45) is 5.64. The summed E-state index contributed by atoms with van der Waals surface area (Å²) in [6, 6.07) is 0. The first-order chi connectivity index (χ1) is 15.5. The molecule has 2 saturated heterocycles. The van der Waals surface area contributed by atoms with E-state index >= 15 is 0 Å². The summed E-state index contributed by atoms with van der Waals surface area (Å²) < 4.78 is 12.7. The highest BCUT2D eigenvalue weighted by molar-refractivity contribution is 5.30. The van der Waals surface area contributed by atoms with Gasteiger partial charge in [-0.3, -0.25) is 0 Å². The van der Waals surface area contributed by atoms with Crippen LogP contribution in [0.4, 0.5) is 0 Å². The number of hydrogen-bond donors (Lipinski definition) is 4. The third-order valence-corrected chi connectivity index (χ3v) is 11.7. The molecule has 13 atom stereocenters. The highest BCUT2D eigenvalue weighted by Crippen LogP contribution is 2.72. The SMILES string of the molecule is C[C@H]1CO[C@@]2(O[C@H]3C[C@H]4[C@@H]5CC=C6C[C@@H](O)CC[C@]6(C)[C@H]5C[C@H](O)[C@]4(C)[C@@]3(O)[C@@H]2C)[C@@H](O)C1. The van der Waals surface area contributed by atoms with Crippen molar-refractivity contribution in [2.75, 3.05) is 6.61 Å². The molecule has 3 saturated carbocycles. The lowest BCUT2D eigenvalue weighted by atomic mass is 9.45. The van der Waals surface area contributed by atoms with Crippen molar-refractivity contribution in [2.45, 2.75) is 108 Å². The fourth-order valence-electron chi connectivity index (χ4n) is 9.69. The molecular formula is C27H42O6. The van der Waals surface area contributed by atoms with Crippen molar-refractivity contribution in [1.82, 2.24) is 0 Å². The summed E-state index contributed by atoms with van der Waals surface area (Å²) in [5, 5.41) is 45.5. The van der Waals surface area contributed by atoms with Crippen molar-refractivity contribution < 1.29 is 29.9 Å². The third kappa shape index (κ3) is 2.61. The number of fused-ring (bicyclic) bond motifs is 7. The molecule has 0 aromatic heterocycles. The smallest absolute Gasteiger partial charge is 0.200 e. The fraction of sp³-hybridized carbons (Fsp3) is 0.926. The van der Waals surface area contributed by atoms with Crippen LogP contribution in [0.2, 0.25) is 0 Å². The zero-order chi connectivity index (χ0) is 23.6. The first-order valence-corrected chi connectivity index (χ1v) is 13.3. The Bertz CT molecular complexity index is 860. The summed E-state index contributed by atoms with van der Waals surface area (Å²) in [5.41, 5.74) is -0.593. The van der Waals surface area contributed by atoms with Gasteiger partial charge >= 0.3 is 0 Å². The molecule has 6 rings (SSSR count). The van der Waals surface area contributed by atoms with Crippen molar-refractivity contribution >= 4 is 0 Å². The van der Waals surface area contributed by atoms with Gasteiger partial charge in [0.25, 0.3) is 0 Å². The molecule has 0 radical (unpaired) electrons. The average molecular weight is 463 g/mol. The van der Waals surface area contributed by atoms with E-state index in [1.807, 2.05) is 6.92 Å². The summed E-state index contributed by atoms with van der Waals surface area (Å²) in [7, 11) is 0. The van der Waals surface area contributed by atoms with Crippen molar-refractivity contribution in [3.8, 4) is 0 Å². The van der Waals surface area contributed by atoms with Gasteiger partial charge < -0.3 is 29.9 Å². The Morgan fingerprint density at radius 1 is 1.00 bits per heavy atom. The van der Waals surface area contributed by atoms with Gasteiger partial charge in [-0.25, -0.2) is 0 Å². The van der Waals surface area contributed by atoms with Gasteiger partial charge in [0.1, 0.15) is 11.7 Å². The predicted molar refractivity (Wildman–Crippen MR) is 122 cm³/mol. The molecule has 0 bridgehead atoms. The fourth-order valence-corrected chi connectivity index (χ4v) is 9.69. The van der Waals surface area contributed by atoms with Crippen LogP contribution in [-0.4, -0.2) is 62.8 Å². The van der Waals surface area contributed by atoms with Gasteiger partial charge in [-0.05, 0) is 74.0 Å². The lowest BCUT2D eigenvalue weighted by Gasteiger charge is -2.61. The molecule has 33 heavy (non-hydrogen) atoms. The van der Waals surface area contributed by atoms with E-state index in [4.69, 9.17) is 9.47 Å². The summed E-state index contributed by atoms with van der Waals surface area (Å²) in [5.74, 6) is -0.514. The minimum Gasteiger partial charge on any atom is -0.393 e. The van der Waals surface area contributed by atoms with E-state index in [2.05, 4.69) is 26.8 Å². The van der Waals surface area contributed by atoms with Gasteiger partial charge in [0, 0.05) is 11.3 Å². The summed E-state index contributed by atoms with van der Waals surface area (Å²) in [4.78, 5) is 0. The predicted octanol–water partition coefficient (Wildman–Crippen LogP) is 2.77. The van der Waals surface area contributed by atoms with Crippen LogP contribution in [0.25, 0.3) is 0 Å². The zero-order valence-corrected chi connectivity index (χ0v) is 20.5. The van der Waals surface area contributed by atoms with Gasteiger partial charge in [-0.15, -0.1) is 0 Å². The Labute approximate surface area is 197 Å². The molecule has 0 unspecified atom stereocenters. The van der Waals surface area contributed by atoms with E-state index in [9.17, 15) is 20.4 Å². The molecule has 5 fully saturated rings. The molecule has 186 valence electrons. The molecule has 6 nitrogen and oxygen atoms in total. The lowest BCUT2D eigenvalue weighted by Crippen LogP contribution is -2.66. The minimum atomic E-state index is -1.25. The van der Waals surface area contributed by atoms with Crippen molar-refractivity contribution in [1.29, 1.82) is 0 Å². The molecule has 2 heterocycles. The summed E-state index contributed by atoms with van der Waals surface area (Å²) >= 11 is 0. The molecule has 4 N–H and O–H groups in total. The standard InChI is InChI=1S/C27H42O6/c1-14-9-22(30)27(32-13-14)15(2)26(31)23(33-27)12-20-18-6-5-16-10-17(28)7-8-24(16,3)19(18)11-21(29)25(20,26)4/h5,14-15,17-23,28-31H,6-13H2,1-4H3/t14-,15+,17+,18-,19+,20+,21+,22+,23+,24+,25-,26-,27+/m1/s1. The Balaban J connectivity index is 1.37. The maximum atomic E-state index is 12.4. The van der Waals surface area contributed by atoms with Gasteiger partial charge in [-0.1, -0.05) is 39.3 Å². The second kappa shape index (κ2) is 7.04. The number of allylic oxidation sites excluding steroid dienone is 1. The lowest BCUT2D eigenvalue weighted by molar-refractivity contribution is -0.319. The largest absolute Gasteiger partial charge is 0.393 e. The van der Waals surface area contributed by atoms with Crippen molar-refractivity contribution in [2.24, 2.45) is 40.4 Å². The maximum absolute atomic E-state index is 12.4. The number of hydrogen-bond acceptors (Lipinski definition) is 6. The Morgan fingerprint density at radius 3 is 2.48 bits per heavy atom. The molecular weight excluding hydrogens is 420 g/mol. The Kier molecular flexibility index (Phi) is 4.89. The highest BCUT2D eigenvalue weighted by atomic mass is 16.7. The molecule has 0 aromatic carbocycles. The van der Waals surface area contributed by atoms with Crippen LogP contribution in [-0.2, 0) is 9.47 Å². The molecule has 0 amide bonds. The Hall–Kier alpha value is -0.500. The monoisotopic (exact) mass is 462 g/mol. The van der Waals surface area contributed by atoms with E-state index < -0.39 is 41.0 Å². The van der Waals surface area contributed by atoms with Gasteiger partial charge in [0.05, 0.1) is 24.9 Å². The van der Waals surface area contributed by atoms with Crippen LogP contribution in [0.5, 0.6) is 0 Å². The molecule has 2 aliphatic heterocycles. The van der Waals surface area contributed by atoms with E-state index in [0.717, 1.165) is 25.7 Å². The van der Waals surface area contributed by atoms with Crippen LogP contribution in [0, 0.1) is 40.4 Å². The van der Waals surface area contributed by atoms with Crippen LogP contribution in [0.3, 0.4) is 0 Å². The van der Waals surface area contributed by atoms with Crippen LogP contribution < -0.4 is 0 Å². The average Bonchev–Trinajstić information content (AvgIpc) is 3.13. The first kappa shape index (κ1) is 22.9. The van der Waals surface area contributed by atoms with Gasteiger partial charge in [0.2, 0.25) is 0 Å². The third-order valence-electron chi connectivity index (χ3n) is 11.7. The van der Waals surface area contributed by atoms with Crippen LogP contribution in [0.1, 0.15) is 72.6 Å². The maximum Gasteiger partial charge on any atom is 0.200 e. The molecule has 6 aliphatic rings. The number of aliphatic hydroxyl groups is 4. The van der Waals surface area contributed by atoms with E-state index in [-0.39, 0.29) is 23.4 Å². The van der Waals surface area contributed by atoms with E-state index in [1.54, 1.807) is 0 Å². The van der Waals surface area contributed by atoms with E-state index in [1.165, 1.54) is 5.57 Å². The van der Waals surface area contributed by atoms with Crippen LogP contribution in [0.15, 0.2) is 11.6 Å². The number of ether oxygens (including phenoxy) is 2. The first-order valence-electron chi connectivity index (χ1n) is 13.3. The topological polar surface area (TPSA) is 99.4 Å². The quantitative estimate of drug-likeness (QED) is 0.413. The highest BCUT2D eigenvalue weighted by Gasteiger charge is 2.79. The summed E-state index contributed by atoms with van der Waals surface area (Å²) in [6.45, 7) is 8.93. The second-order valence-electron chi connectivity index (χ2n) is 13.0. The molecule has 1 spiro atoms. The van der Waals surface area contributed by atoms with Crippen LogP contribution >= 0.6 is 0 Å². The van der Waals surface area contributed by atoms with Crippen molar-refractivity contribution in [3.63, 3.8) is 0 Å². The van der Waals surface area contributed by atoms with E-state index in [0.29, 0.717) is 37.7 Å². The molecule has 0 aromatic rings. The molecule has 4 aliphatic carbocycles. The normalized spacial score (nSPS) is 62.3. The Morgan fingerprint density at radius 2 is 1.76 bits per heavy atom. The number of rotatable bonds is 0. The van der Waals surface area contributed by atoms with Gasteiger partial charge in [0.15, 0.2) is 5.79 Å².